The zero-order valence-corrected chi connectivity index (χ0v) is 15.7. The second-order valence-corrected chi connectivity index (χ2v) is 6.61. The molecular formula is C20H24N2O3S. The largest absolute Gasteiger partial charge is 0.493 e. The highest BCUT2D eigenvalue weighted by atomic mass is 32.2. The number of carbonyl (C=O) groups excluding carboxylic acids is 2. The van der Waals surface area contributed by atoms with Gasteiger partial charge in [-0.3, -0.25) is 9.59 Å². The average molecular weight is 372 g/mol. The molecule has 0 saturated carbocycles. The summed E-state index contributed by atoms with van der Waals surface area (Å²) in [7, 11) is 0. The Hall–Kier alpha value is -2.47. The molecule has 26 heavy (non-hydrogen) atoms. The van der Waals surface area contributed by atoms with Crippen LogP contribution in [0, 0.1) is 0 Å². The van der Waals surface area contributed by atoms with Crippen LogP contribution >= 0.6 is 11.8 Å². The van der Waals surface area contributed by atoms with Crippen molar-refractivity contribution in [3.63, 3.8) is 0 Å². The number of hydrogen-bond acceptors (Lipinski definition) is 4. The first-order valence-corrected chi connectivity index (χ1v) is 9.74. The van der Waals surface area contributed by atoms with Gasteiger partial charge in [0.2, 0.25) is 5.91 Å². The van der Waals surface area contributed by atoms with Gasteiger partial charge in [0.1, 0.15) is 5.75 Å². The van der Waals surface area contributed by atoms with E-state index >= 15 is 0 Å². The van der Waals surface area contributed by atoms with Gasteiger partial charge < -0.3 is 15.4 Å². The summed E-state index contributed by atoms with van der Waals surface area (Å²) in [5.74, 6) is 1.74. The summed E-state index contributed by atoms with van der Waals surface area (Å²) in [5.41, 5.74) is 1.70. The number of para-hydroxylation sites is 1. The lowest BCUT2D eigenvalue weighted by molar-refractivity contribution is -0.120. The predicted octanol–water partition coefficient (Wildman–Crippen LogP) is 2.86. The number of amides is 2. The van der Waals surface area contributed by atoms with E-state index in [1.807, 2.05) is 31.2 Å². The van der Waals surface area contributed by atoms with Gasteiger partial charge in [-0.25, -0.2) is 0 Å². The Balaban J connectivity index is 1.64. The van der Waals surface area contributed by atoms with Crippen LogP contribution in [-0.4, -0.2) is 37.3 Å². The maximum atomic E-state index is 12.2. The van der Waals surface area contributed by atoms with E-state index in [0.717, 1.165) is 11.5 Å². The molecule has 2 aromatic rings. The van der Waals surface area contributed by atoms with Gasteiger partial charge in [-0.1, -0.05) is 42.5 Å². The van der Waals surface area contributed by atoms with Crippen LogP contribution in [-0.2, 0) is 10.5 Å². The van der Waals surface area contributed by atoms with Crippen molar-refractivity contribution >= 4 is 23.6 Å². The molecule has 0 saturated heterocycles. The highest BCUT2D eigenvalue weighted by Crippen LogP contribution is 2.17. The highest BCUT2D eigenvalue weighted by molar-refractivity contribution is 7.98. The number of carbonyl (C=O) groups is 2. The molecule has 0 bridgehead atoms. The average Bonchev–Trinajstić information content (AvgIpc) is 2.67. The van der Waals surface area contributed by atoms with E-state index in [1.54, 1.807) is 30.0 Å². The van der Waals surface area contributed by atoms with Crippen molar-refractivity contribution in [1.29, 1.82) is 0 Å². The van der Waals surface area contributed by atoms with Crippen LogP contribution < -0.4 is 15.4 Å². The number of benzene rings is 2. The topological polar surface area (TPSA) is 67.4 Å². The molecule has 2 aromatic carbocycles. The molecule has 2 rings (SSSR count). The van der Waals surface area contributed by atoms with E-state index in [1.165, 1.54) is 5.56 Å². The van der Waals surface area contributed by atoms with Gasteiger partial charge in [0, 0.05) is 18.1 Å². The third kappa shape index (κ3) is 6.80. The number of hydrogen-bond donors (Lipinski definition) is 2. The molecule has 0 aliphatic carbocycles. The van der Waals surface area contributed by atoms with Gasteiger partial charge in [0.05, 0.1) is 18.7 Å². The Morgan fingerprint density at radius 1 is 1.00 bits per heavy atom. The third-order valence-electron chi connectivity index (χ3n) is 3.52. The molecule has 6 heteroatoms. The van der Waals surface area contributed by atoms with Crippen LogP contribution in [0.25, 0.3) is 0 Å². The van der Waals surface area contributed by atoms with Crippen LogP contribution in [0.3, 0.4) is 0 Å². The summed E-state index contributed by atoms with van der Waals surface area (Å²) in [4.78, 5) is 24.1. The van der Waals surface area contributed by atoms with E-state index in [0.29, 0.717) is 24.5 Å². The molecule has 0 radical (unpaired) electrons. The van der Waals surface area contributed by atoms with E-state index in [9.17, 15) is 9.59 Å². The van der Waals surface area contributed by atoms with Crippen LogP contribution in [0.1, 0.15) is 22.8 Å². The maximum absolute atomic E-state index is 12.2. The van der Waals surface area contributed by atoms with Crippen molar-refractivity contribution in [2.24, 2.45) is 0 Å². The van der Waals surface area contributed by atoms with Crippen LogP contribution in [0.2, 0.25) is 0 Å². The first-order valence-electron chi connectivity index (χ1n) is 8.59. The number of ether oxygens (including phenoxy) is 1. The summed E-state index contributed by atoms with van der Waals surface area (Å²) in [6.07, 6.45) is 0. The molecule has 0 spiro atoms. The summed E-state index contributed by atoms with van der Waals surface area (Å²) < 4.78 is 5.43. The van der Waals surface area contributed by atoms with Crippen molar-refractivity contribution in [2.75, 3.05) is 25.4 Å². The van der Waals surface area contributed by atoms with E-state index in [-0.39, 0.29) is 18.4 Å². The SMILES string of the molecule is CCOc1ccccc1C(=O)NCC(=O)NCCSCc1ccccc1. The summed E-state index contributed by atoms with van der Waals surface area (Å²) in [5, 5.41) is 5.44. The fourth-order valence-electron chi connectivity index (χ4n) is 2.28. The van der Waals surface area contributed by atoms with Gasteiger partial charge in [-0.2, -0.15) is 11.8 Å². The first-order chi connectivity index (χ1) is 12.7. The van der Waals surface area contributed by atoms with E-state index in [4.69, 9.17) is 4.74 Å². The smallest absolute Gasteiger partial charge is 0.255 e. The third-order valence-corrected chi connectivity index (χ3v) is 4.55. The Morgan fingerprint density at radius 3 is 2.50 bits per heavy atom. The lowest BCUT2D eigenvalue weighted by Crippen LogP contribution is -2.37. The Bertz CT molecular complexity index is 707. The van der Waals surface area contributed by atoms with Gasteiger partial charge in [-0.15, -0.1) is 0 Å². The van der Waals surface area contributed by atoms with Crippen molar-refractivity contribution in [3.8, 4) is 5.75 Å². The van der Waals surface area contributed by atoms with E-state index < -0.39 is 0 Å². The standard InChI is InChI=1S/C20H24N2O3S/c1-2-25-18-11-7-6-10-17(18)20(24)22-14-19(23)21-12-13-26-15-16-8-4-3-5-9-16/h3-11H,2,12-15H2,1H3,(H,21,23)(H,22,24). The van der Waals surface area contributed by atoms with Crippen molar-refractivity contribution in [2.45, 2.75) is 12.7 Å². The van der Waals surface area contributed by atoms with Crippen molar-refractivity contribution < 1.29 is 14.3 Å². The number of thioether (sulfide) groups is 1. The second-order valence-electron chi connectivity index (χ2n) is 5.50. The van der Waals surface area contributed by atoms with Gasteiger partial charge >= 0.3 is 0 Å². The van der Waals surface area contributed by atoms with Gasteiger partial charge in [0.25, 0.3) is 5.91 Å². The fourth-order valence-corrected chi connectivity index (χ4v) is 3.10. The van der Waals surface area contributed by atoms with Gasteiger partial charge in [-0.05, 0) is 24.6 Å². The quantitative estimate of drug-likeness (QED) is 0.630. The molecule has 0 atom stereocenters. The fraction of sp³-hybridized carbons (Fsp3) is 0.300. The molecule has 0 unspecified atom stereocenters. The molecule has 138 valence electrons. The van der Waals surface area contributed by atoms with Crippen molar-refractivity contribution in [1.82, 2.24) is 10.6 Å². The monoisotopic (exact) mass is 372 g/mol. The Morgan fingerprint density at radius 2 is 1.73 bits per heavy atom. The van der Waals surface area contributed by atoms with Crippen LogP contribution in [0.15, 0.2) is 54.6 Å². The Labute approximate surface area is 158 Å². The second kappa shape index (κ2) is 11.2. The first kappa shape index (κ1) is 19.8. The van der Waals surface area contributed by atoms with Crippen LogP contribution in [0.5, 0.6) is 5.75 Å². The summed E-state index contributed by atoms with van der Waals surface area (Å²) in [6.45, 7) is 2.85. The predicted molar refractivity (Wildman–Crippen MR) is 106 cm³/mol. The number of nitrogens with one attached hydrogen (secondary N) is 2. The summed E-state index contributed by atoms with van der Waals surface area (Å²) in [6, 6.07) is 17.2. The maximum Gasteiger partial charge on any atom is 0.255 e. The summed E-state index contributed by atoms with van der Waals surface area (Å²) >= 11 is 1.76. The molecule has 0 aliphatic heterocycles. The normalized spacial score (nSPS) is 10.2. The highest BCUT2D eigenvalue weighted by Gasteiger charge is 2.12. The molecule has 0 aliphatic rings. The Kier molecular flexibility index (Phi) is 8.55. The molecule has 0 heterocycles. The van der Waals surface area contributed by atoms with Crippen molar-refractivity contribution in [3.05, 3.63) is 65.7 Å². The number of rotatable bonds is 10. The molecule has 2 amide bonds. The zero-order valence-electron chi connectivity index (χ0n) is 14.9. The molecule has 0 aromatic heterocycles. The minimum Gasteiger partial charge on any atom is -0.493 e. The minimum absolute atomic E-state index is 0.0529. The molecular weight excluding hydrogens is 348 g/mol. The zero-order chi connectivity index (χ0) is 18.6. The van der Waals surface area contributed by atoms with Crippen LogP contribution in [0.4, 0.5) is 0 Å². The minimum atomic E-state index is -0.317. The lowest BCUT2D eigenvalue weighted by Gasteiger charge is -2.10. The van der Waals surface area contributed by atoms with Gasteiger partial charge in [0.15, 0.2) is 0 Å². The molecule has 0 fully saturated rings. The molecule has 2 N–H and O–H groups in total. The molecule has 5 nitrogen and oxygen atoms in total. The lowest BCUT2D eigenvalue weighted by atomic mass is 10.2. The van der Waals surface area contributed by atoms with E-state index in [2.05, 4.69) is 22.8 Å².